The van der Waals surface area contributed by atoms with Crippen LogP contribution in [0.2, 0.25) is 0 Å². The van der Waals surface area contributed by atoms with Gasteiger partial charge in [0.25, 0.3) is 5.91 Å². The first-order valence-corrected chi connectivity index (χ1v) is 8.33. The fourth-order valence-corrected chi connectivity index (χ4v) is 2.53. The first-order valence-electron chi connectivity index (χ1n) is 8.33. The highest BCUT2D eigenvalue weighted by molar-refractivity contribution is 5.99. The standard InChI is InChI=1S/C20H20FN3O2/c1-13-3-5-15(6-4-13)19-18(20(26)22-11-14(2)25)12-24(23-19)17-9-7-16(21)8-10-17/h3-10,12,14,25H,11H2,1-2H3,(H,22,26)/t14-/m1/s1. The lowest BCUT2D eigenvalue weighted by Gasteiger charge is -2.07. The van der Waals surface area contributed by atoms with Gasteiger partial charge in [0.1, 0.15) is 11.5 Å². The van der Waals surface area contributed by atoms with Crippen LogP contribution >= 0.6 is 0 Å². The predicted octanol–water partition coefficient (Wildman–Crippen LogP) is 3.10. The van der Waals surface area contributed by atoms with Gasteiger partial charge in [-0.2, -0.15) is 5.10 Å². The van der Waals surface area contributed by atoms with Gasteiger partial charge in [-0.1, -0.05) is 29.8 Å². The van der Waals surface area contributed by atoms with Crippen LogP contribution in [-0.4, -0.2) is 33.4 Å². The maximum Gasteiger partial charge on any atom is 0.255 e. The number of aryl methyl sites for hydroxylation is 1. The number of carbonyl (C=O) groups is 1. The summed E-state index contributed by atoms with van der Waals surface area (Å²) in [7, 11) is 0. The van der Waals surface area contributed by atoms with Gasteiger partial charge < -0.3 is 10.4 Å². The molecule has 0 aliphatic rings. The number of benzene rings is 2. The summed E-state index contributed by atoms with van der Waals surface area (Å²) in [6.07, 6.45) is 0.966. The molecule has 5 nitrogen and oxygen atoms in total. The van der Waals surface area contributed by atoms with Gasteiger partial charge in [0, 0.05) is 18.3 Å². The summed E-state index contributed by atoms with van der Waals surface area (Å²) in [6, 6.07) is 13.6. The zero-order valence-corrected chi connectivity index (χ0v) is 14.6. The topological polar surface area (TPSA) is 67.2 Å². The quantitative estimate of drug-likeness (QED) is 0.741. The van der Waals surface area contributed by atoms with E-state index >= 15 is 0 Å². The second-order valence-electron chi connectivity index (χ2n) is 6.24. The number of aromatic nitrogens is 2. The Morgan fingerprint density at radius 3 is 2.46 bits per heavy atom. The number of hydrogen-bond donors (Lipinski definition) is 2. The lowest BCUT2D eigenvalue weighted by Crippen LogP contribution is -2.30. The molecule has 1 aromatic heterocycles. The molecule has 0 saturated carbocycles. The van der Waals surface area contributed by atoms with Gasteiger partial charge in [-0.25, -0.2) is 9.07 Å². The molecule has 0 bridgehead atoms. The minimum Gasteiger partial charge on any atom is -0.392 e. The molecule has 26 heavy (non-hydrogen) atoms. The number of aliphatic hydroxyl groups is 1. The number of hydrogen-bond acceptors (Lipinski definition) is 3. The molecular formula is C20H20FN3O2. The average molecular weight is 353 g/mol. The molecular weight excluding hydrogens is 333 g/mol. The number of rotatable bonds is 5. The third kappa shape index (κ3) is 3.97. The molecule has 2 aromatic carbocycles. The first kappa shape index (κ1) is 17.8. The maximum absolute atomic E-state index is 13.2. The van der Waals surface area contributed by atoms with Crippen molar-refractivity contribution in [2.75, 3.05) is 6.54 Å². The Bertz CT molecular complexity index is 900. The number of amides is 1. The van der Waals surface area contributed by atoms with E-state index in [1.807, 2.05) is 31.2 Å². The molecule has 0 saturated heterocycles. The Hall–Kier alpha value is -2.99. The van der Waals surface area contributed by atoms with Crippen LogP contribution in [0.3, 0.4) is 0 Å². The molecule has 3 rings (SSSR count). The van der Waals surface area contributed by atoms with Gasteiger partial charge in [0.15, 0.2) is 0 Å². The molecule has 0 radical (unpaired) electrons. The van der Waals surface area contributed by atoms with E-state index in [0.717, 1.165) is 11.1 Å². The van der Waals surface area contributed by atoms with Crippen molar-refractivity contribution in [1.29, 1.82) is 0 Å². The van der Waals surface area contributed by atoms with E-state index in [0.29, 0.717) is 16.9 Å². The summed E-state index contributed by atoms with van der Waals surface area (Å²) in [5.74, 6) is -0.663. The van der Waals surface area contributed by atoms with Gasteiger partial charge in [-0.15, -0.1) is 0 Å². The van der Waals surface area contributed by atoms with Gasteiger partial charge in [-0.05, 0) is 38.1 Å². The SMILES string of the molecule is Cc1ccc(-c2nn(-c3ccc(F)cc3)cc2C(=O)NC[C@@H](C)O)cc1. The zero-order chi connectivity index (χ0) is 18.7. The van der Waals surface area contributed by atoms with E-state index in [1.165, 1.54) is 12.1 Å². The van der Waals surface area contributed by atoms with Crippen molar-refractivity contribution in [2.45, 2.75) is 20.0 Å². The van der Waals surface area contributed by atoms with Gasteiger partial charge in [0.2, 0.25) is 0 Å². The minimum atomic E-state index is -0.645. The van der Waals surface area contributed by atoms with Crippen molar-refractivity contribution in [1.82, 2.24) is 15.1 Å². The summed E-state index contributed by atoms with van der Waals surface area (Å²) in [5, 5.41) is 16.6. The van der Waals surface area contributed by atoms with Crippen molar-refractivity contribution < 1.29 is 14.3 Å². The minimum absolute atomic E-state index is 0.147. The fraction of sp³-hybridized carbons (Fsp3) is 0.200. The smallest absolute Gasteiger partial charge is 0.255 e. The molecule has 1 amide bonds. The third-order valence-corrected chi connectivity index (χ3v) is 3.93. The number of nitrogens with zero attached hydrogens (tertiary/aromatic N) is 2. The molecule has 0 spiro atoms. The van der Waals surface area contributed by atoms with Crippen LogP contribution in [0.25, 0.3) is 16.9 Å². The van der Waals surface area contributed by atoms with E-state index in [9.17, 15) is 14.3 Å². The van der Waals surface area contributed by atoms with Crippen molar-refractivity contribution in [2.24, 2.45) is 0 Å². The van der Waals surface area contributed by atoms with Gasteiger partial charge in [0.05, 0.1) is 17.4 Å². The summed E-state index contributed by atoms with van der Waals surface area (Å²) in [5.41, 5.74) is 3.47. The lowest BCUT2D eigenvalue weighted by molar-refractivity contribution is 0.0924. The van der Waals surface area contributed by atoms with Gasteiger partial charge >= 0.3 is 0 Å². The largest absolute Gasteiger partial charge is 0.392 e. The third-order valence-electron chi connectivity index (χ3n) is 3.93. The molecule has 0 aliphatic carbocycles. The van der Waals surface area contributed by atoms with Crippen LogP contribution in [0.15, 0.2) is 54.7 Å². The van der Waals surface area contributed by atoms with E-state index in [1.54, 1.807) is 29.9 Å². The van der Waals surface area contributed by atoms with Crippen LogP contribution in [0, 0.1) is 12.7 Å². The summed E-state index contributed by atoms with van der Waals surface area (Å²) >= 11 is 0. The second kappa shape index (κ2) is 7.49. The van der Waals surface area contributed by atoms with Crippen molar-refractivity contribution in [3.63, 3.8) is 0 Å². The highest BCUT2D eigenvalue weighted by atomic mass is 19.1. The van der Waals surface area contributed by atoms with Crippen molar-refractivity contribution >= 4 is 5.91 Å². The Morgan fingerprint density at radius 1 is 1.19 bits per heavy atom. The Labute approximate surface area is 151 Å². The molecule has 1 atom stereocenters. The molecule has 2 N–H and O–H groups in total. The van der Waals surface area contributed by atoms with Crippen LogP contribution in [0.4, 0.5) is 4.39 Å². The molecule has 0 unspecified atom stereocenters. The number of nitrogens with one attached hydrogen (secondary N) is 1. The Kier molecular flexibility index (Phi) is 5.14. The van der Waals surface area contributed by atoms with E-state index in [4.69, 9.17) is 0 Å². The van der Waals surface area contributed by atoms with Crippen LogP contribution in [0.5, 0.6) is 0 Å². The summed E-state index contributed by atoms with van der Waals surface area (Å²) in [6.45, 7) is 3.73. The van der Waals surface area contributed by atoms with Crippen molar-refractivity contribution in [3.8, 4) is 16.9 Å². The van der Waals surface area contributed by atoms with E-state index in [2.05, 4.69) is 10.4 Å². The van der Waals surface area contributed by atoms with Crippen LogP contribution in [0.1, 0.15) is 22.8 Å². The highest BCUT2D eigenvalue weighted by Gasteiger charge is 2.19. The number of carbonyl (C=O) groups excluding carboxylic acids is 1. The van der Waals surface area contributed by atoms with Crippen LogP contribution < -0.4 is 5.32 Å². The molecule has 6 heteroatoms. The van der Waals surface area contributed by atoms with Crippen LogP contribution in [-0.2, 0) is 0 Å². The zero-order valence-electron chi connectivity index (χ0n) is 14.6. The van der Waals surface area contributed by atoms with Crippen molar-refractivity contribution in [3.05, 3.63) is 71.7 Å². The average Bonchev–Trinajstić information content (AvgIpc) is 3.06. The Morgan fingerprint density at radius 2 is 1.85 bits per heavy atom. The van der Waals surface area contributed by atoms with E-state index in [-0.39, 0.29) is 18.3 Å². The Balaban J connectivity index is 2.03. The normalized spacial score (nSPS) is 12.0. The number of halogens is 1. The highest BCUT2D eigenvalue weighted by Crippen LogP contribution is 2.24. The monoisotopic (exact) mass is 353 g/mol. The molecule has 3 aromatic rings. The molecule has 0 aliphatic heterocycles. The second-order valence-corrected chi connectivity index (χ2v) is 6.24. The molecule has 0 fully saturated rings. The molecule has 1 heterocycles. The summed E-state index contributed by atoms with van der Waals surface area (Å²) < 4.78 is 14.7. The fourth-order valence-electron chi connectivity index (χ4n) is 2.53. The predicted molar refractivity (Wildman–Crippen MR) is 97.7 cm³/mol. The molecule has 134 valence electrons. The summed E-state index contributed by atoms with van der Waals surface area (Å²) in [4.78, 5) is 12.6. The van der Waals surface area contributed by atoms with Gasteiger partial charge in [-0.3, -0.25) is 4.79 Å². The lowest BCUT2D eigenvalue weighted by atomic mass is 10.1. The first-order chi connectivity index (χ1) is 12.4. The maximum atomic E-state index is 13.2. The number of aliphatic hydroxyl groups excluding tert-OH is 1. The van der Waals surface area contributed by atoms with E-state index < -0.39 is 6.10 Å².